The zero-order valence-electron chi connectivity index (χ0n) is 42.9. The van der Waals surface area contributed by atoms with E-state index in [0.29, 0.717) is 61.3 Å². The van der Waals surface area contributed by atoms with E-state index in [-0.39, 0.29) is 40.9 Å². The summed E-state index contributed by atoms with van der Waals surface area (Å²) < 4.78 is 16.4. The van der Waals surface area contributed by atoms with Crippen LogP contribution in [0, 0.1) is 0 Å². The van der Waals surface area contributed by atoms with Crippen LogP contribution in [0.4, 0.5) is 11.4 Å². The SMILES string of the molecule is CN(C)c1ccc2c(-c3cc(C(=O)NC[C@@H](N)C(=O)O)ccc3C(=O)[O-])c3ccc(=[N+](C)C)cc-3oc2c1.CN(C)c1ccc2c(-c3ccc(C(=O)NC[C@@H](N)C(=O)O)cc3C(=O)[O-])c3ccc(=[N+](C)C)cc-3oc2c1. The molecule has 2 amide bonds. The summed E-state index contributed by atoms with van der Waals surface area (Å²) in [4.78, 5) is 75.8. The molecule has 2 heterocycles. The molecule has 76 heavy (non-hydrogen) atoms. The number of carboxylic acid groups (broad SMARTS) is 4. The van der Waals surface area contributed by atoms with Crippen molar-refractivity contribution in [2.24, 2.45) is 11.5 Å². The van der Waals surface area contributed by atoms with Gasteiger partial charge in [-0.1, -0.05) is 12.1 Å². The number of carboxylic acids is 4. The second-order valence-corrected chi connectivity index (χ2v) is 18.7. The van der Waals surface area contributed by atoms with Gasteiger partial charge in [-0.2, -0.15) is 0 Å². The lowest BCUT2D eigenvalue weighted by Crippen LogP contribution is -2.42. The van der Waals surface area contributed by atoms with Crippen LogP contribution in [0.15, 0.2) is 118 Å². The third-order valence-electron chi connectivity index (χ3n) is 12.6. The van der Waals surface area contributed by atoms with Crippen LogP contribution in [0.2, 0.25) is 0 Å². The average Bonchev–Trinajstić information content (AvgIpc) is 3.41. The van der Waals surface area contributed by atoms with E-state index in [2.05, 4.69) is 10.6 Å². The van der Waals surface area contributed by atoms with Crippen molar-refractivity contribution in [2.45, 2.75) is 12.1 Å². The van der Waals surface area contributed by atoms with Crippen LogP contribution in [0.5, 0.6) is 0 Å². The van der Waals surface area contributed by atoms with Gasteiger partial charge in [0.2, 0.25) is 10.7 Å². The molecule has 0 aromatic heterocycles. The smallest absolute Gasteiger partial charge is 0.322 e. The number of aromatic carboxylic acids is 2. The minimum atomic E-state index is -1.46. The van der Waals surface area contributed by atoms with Crippen LogP contribution in [0.1, 0.15) is 41.4 Å². The zero-order valence-corrected chi connectivity index (χ0v) is 42.9. The van der Waals surface area contributed by atoms with Gasteiger partial charge in [0, 0.05) is 132 Å². The van der Waals surface area contributed by atoms with E-state index in [0.717, 1.165) is 22.1 Å². The van der Waals surface area contributed by atoms with Crippen LogP contribution in [-0.4, -0.2) is 127 Å². The first-order valence-electron chi connectivity index (χ1n) is 23.6. The summed E-state index contributed by atoms with van der Waals surface area (Å²) in [6, 6.07) is 28.3. The van der Waals surface area contributed by atoms with Gasteiger partial charge >= 0.3 is 11.9 Å². The second-order valence-electron chi connectivity index (χ2n) is 18.7. The number of nitrogens with two attached hydrogens (primary N) is 2. The number of amides is 2. The minimum absolute atomic E-state index is 0.0320. The van der Waals surface area contributed by atoms with Crippen LogP contribution in [0.25, 0.3) is 66.8 Å². The van der Waals surface area contributed by atoms with Crippen LogP contribution >= 0.6 is 0 Å². The number of fused-ring (bicyclic) bond motifs is 4. The van der Waals surface area contributed by atoms with Gasteiger partial charge in [-0.25, -0.2) is 9.15 Å². The summed E-state index contributed by atoms with van der Waals surface area (Å²) in [5, 5.41) is 50.5. The summed E-state index contributed by atoms with van der Waals surface area (Å²) in [7, 11) is 15.3. The van der Waals surface area contributed by atoms with Gasteiger partial charge in [0.15, 0.2) is 0 Å². The monoisotopic (exact) mass is 1030 g/mol. The number of nitrogens with one attached hydrogen (secondary N) is 2. The lowest BCUT2D eigenvalue weighted by atomic mass is 9.89. The molecule has 20 nitrogen and oxygen atoms in total. The van der Waals surface area contributed by atoms with Crippen LogP contribution < -0.4 is 62.0 Å². The van der Waals surface area contributed by atoms with Gasteiger partial charge in [0.05, 0.1) is 24.1 Å². The van der Waals surface area contributed by atoms with Crippen molar-refractivity contribution in [3.8, 4) is 44.9 Å². The first-order chi connectivity index (χ1) is 35.9. The van der Waals surface area contributed by atoms with Gasteiger partial charge < -0.3 is 70.8 Å². The molecule has 2 atom stereocenters. The molecule has 4 aliphatic rings. The first kappa shape index (κ1) is 54.4. The molecule has 20 heteroatoms. The molecule has 0 bridgehead atoms. The summed E-state index contributed by atoms with van der Waals surface area (Å²) in [5.74, 6) is -5.54. The number of hydrogen-bond donors (Lipinski definition) is 6. The maximum atomic E-state index is 12.9. The third kappa shape index (κ3) is 11.5. The Balaban J connectivity index is 0.000000221. The van der Waals surface area contributed by atoms with Gasteiger partial charge in [-0.3, -0.25) is 19.2 Å². The van der Waals surface area contributed by atoms with E-state index < -0.39 is 47.8 Å². The number of anilines is 2. The molecule has 0 fully saturated rings. The lowest BCUT2D eigenvalue weighted by Gasteiger charge is -2.20. The van der Waals surface area contributed by atoms with Gasteiger partial charge in [-0.15, -0.1) is 0 Å². The molecule has 4 aromatic rings. The lowest BCUT2D eigenvalue weighted by molar-refractivity contribution is -0.256. The molecule has 0 unspecified atom stereocenters. The molecule has 8 N–H and O–H groups in total. The van der Waals surface area contributed by atoms with E-state index in [1.807, 2.05) is 148 Å². The maximum Gasteiger partial charge on any atom is 0.322 e. The quantitative estimate of drug-likeness (QED) is 0.0666. The van der Waals surface area contributed by atoms with Crippen molar-refractivity contribution in [1.29, 1.82) is 0 Å². The Kier molecular flexibility index (Phi) is 16.0. The number of carbonyl (C=O) groups excluding carboxylic acids is 4. The molecule has 2 aliphatic carbocycles. The molecular weight excluding hydrogens is 977 g/mol. The molecule has 0 saturated carbocycles. The highest BCUT2D eigenvalue weighted by Crippen LogP contribution is 2.44. The van der Waals surface area contributed by atoms with E-state index in [1.165, 1.54) is 30.3 Å². The summed E-state index contributed by atoms with van der Waals surface area (Å²) in [6.07, 6.45) is 0. The number of carbonyl (C=O) groups is 6. The number of hydrogen-bond acceptors (Lipinski definition) is 14. The van der Waals surface area contributed by atoms with E-state index >= 15 is 0 Å². The highest BCUT2D eigenvalue weighted by atomic mass is 16.4. The molecule has 4 aromatic carbocycles. The van der Waals surface area contributed by atoms with E-state index in [9.17, 15) is 39.0 Å². The Hall–Kier alpha value is -9.40. The Labute approximate surface area is 435 Å². The van der Waals surface area contributed by atoms with Gasteiger partial charge in [0.25, 0.3) is 11.8 Å². The predicted molar refractivity (Wildman–Crippen MR) is 284 cm³/mol. The largest absolute Gasteiger partial charge is 0.545 e. The number of aliphatic carboxylic acids is 2. The fraction of sp³-hybridized carbons (Fsp3) is 0.214. The van der Waals surface area contributed by atoms with Gasteiger partial charge in [0.1, 0.15) is 63.0 Å². The third-order valence-corrected chi connectivity index (χ3v) is 12.6. The average molecular weight is 1030 g/mol. The van der Waals surface area contributed by atoms with Crippen molar-refractivity contribution in [2.75, 3.05) is 79.3 Å². The number of nitrogens with zero attached hydrogens (tertiary/aromatic N) is 4. The van der Waals surface area contributed by atoms with Crippen molar-refractivity contribution >= 4 is 69.0 Å². The minimum Gasteiger partial charge on any atom is -0.545 e. The van der Waals surface area contributed by atoms with E-state index in [1.54, 1.807) is 6.07 Å². The Bertz CT molecular complexity index is 3720. The molecule has 0 saturated heterocycles. The summed E-state index contributed by atoms with van der Waals surface area (Å²) in [6.45, 7) is -0.600. The topological polar surface area (TPSA) is 304 Å². The number of rotatable bonds is 14. The highest BCUT2D eigenvalue weighted by molar-refractivity contribution is 6.11. The summed E-state index contributed by atoms with van der Waals surface area (Å²) in [5.41, 5.74) is 16.8. The molecule has 392 valence electrons. The Morgan fingerprint density at radius 2 is 0.934 bits per heavy atom. The number of benzene rings is 6. The summed E-state index contributed by atoms with van der Waals surface area (Å²) >= 11 is 0. The second kappa shape index (κ2) is 22.4. The standard InChI is InChI=1S/2C28H28N4O6/c1-31(2)16-6-9-19-23(12-16)38-24-13-17(32(3)4)7-10-20(24)25(19)21-11-15(5-8-18(21)27(34)35)26(33)30-14-22(29)28(36)37;1-31(2)16-6-9-19-23(12-16)38-24-13-17(32(3)4)7-10-20(24)25(19)18-8-5-15(11-21(18)27(34)35)26(33)30-14-22(29)28(36)37/h2*5-13,22H,14,29H2,1-4H3,(H2-,30,33,34,35,36,37)/t2*22-/m11/s1. The Morgan fingerprint density at radius 1 is 0.526 bits per heavy atom. The fourth-order valence-corrected chi connectivity index (χ4v) is 8.35. The molecular formula is C56H56N8O12. The fourth-order valence-electron chi connectivity index (χ4n) is 8.35. The molecule has 2 aliphatic heterocycles. The van der Waals surface area contributed by atoms with Crippen LogP contribution in [-0.2, 0) is 9.59 Å². The van der Waals surface area contributed by atoms with Crippen LogP contribution in [0.3, 0.4) is 0 Å². The van der Waals surface area contributed by atoms with E-state index in [4.69, 9.17) is 30.5 Å². The maximum absolute atomic E-state index is 12.9. The molecule has 0 spiro atoms. The molecule has 0 radical (unpaired) electrons. The Morgan fingerprint density at radius 3 is 1.34 bits per heavy atom. The predicted octanol–water partition coefficient (Wildman–Crippen LogP) is 1.62. The van der Waals surface area contributed by atoms with Gasteiger partial charge in [-0.05, 0) is 71.8 Å². The highest BCUT2D eigenvalue weighted by Gasteiger charge is 2.25. The van der Waals surface area contributed by atoms with Crippen molar-refractivity contribution in [3.05, 3.63) is 142 Å². The molecule has 8 rings (SSSR count). The van der Waals surface area contributed by atoms with Crippen molar-refractivity contribution in [1.82, 2.24) is 19.8 Å². The zero-order chi connectivity index (χ0) is 55.4. The van der Waals surface area contributed by atoms with Crippen molar-refractivity contribution in [3.63, 3.8) is 0 Å². The first-order valence-corrected chi connectivity index (χ1v) is 23.6. The normalized spacial score (nSPS) is 11.8. The van der Waals surface area contributed by atoms with Crippen molar-refractivity contribution < 1.29 is 58.0 Å².